The standard InChI is InChI=1S/C31H51NO3/c1-19(2)9-8-10-20(3)25-11-12-26-24-18-29(32-21(4)33)28-17-23(35-22(5)34)13-15-31(28,7)27(24)14-16-30(25,26)6/h19-20,23-27H,8-18H2,1-7H3,(H,32,33)/t20-,23?,24+,25-,26+,27+,30-,31-/m1/s1. The zero-order valence-electron chi connectivity index (χ0n) is 23.5. The summed E-state index contributed by atoms with van der Waals surface area (Å²) in [6, 6.07) is 0. The van der Waals surface area contributed by atoms with Crippen molar-refractivity contribution >= 4 is 11.9 Å². The lowest BCUT2D eigenvalue weighted by Crippen LogP contribution is -2.53. The van der Waals surface area contributed by atoms with Crippen molar-refractivity contribution < 1.29 is 14.3 Å². The third-order valence-corrected chi connectivity index (χ3v) is 11.0. The molecule has 0 spiro atoms. The van der Waals surface area contributed by atoms with E-state index in [2.05, 4.69) is 39.9 Å². The first kappa shape index (κ1) is 26.7. The van der Waals surface area contributed by atoms with Crippen molar-refractivity contribution in [1.82, 2.24) is 5.32 Å². The van der Waals surface area contributed by atoms with Gasteiger partial charge in [0.25, 0.3) is 0 Å². The number of carbonyl (C=O) groups is 2. The summed E-state index contributed by atoms with van der Waals surface area (Å²) >= 11 is 0. The van der Waals surface area contributed by atoms with Crippen LogP contribution in [0.2, 0.25) is 0 Å². The van der Waals surface area contributed by atoms with Crippen LogP contribution in [0.4, 0.5) is 0 Å². The molecule has 0 aromatic carbocycles. The molecule has 1 unspecified atom stereocenters. The topological polar surface area (TPSA) is 55.4 Å². The predicted octanol–water partition coefficient (Wildman–Crippen LogP) is 7.42. The molecule has 0 radical (unpaired) electrons. The molecule has 0 aliphatic heterocycles. The maximum atomic E-state index is 12.3. The monoisotopic (exact) mass is 485 g/mol. The van der Waals surface area contributed by atoms with E-state index in [-0.39, 0.29) is 23.4 Å². The summed E-state index contributed by atoms with van der Waals surface area (Å²) in [5.41, 5.74) is 3.09. The number of carbonyl (C=O) groups excluding carboxylic acids is 2. The summed E-state index contributed by atoms with van der Waals surface area (Å²) in [5.74, 6) is 4.38. The average Bonchev–Trinajstić information content (AvgIpc) is 3.11. The summed E-state index contributed by atoms with van der Waals surface area (Å²) in [6.45, 7) is 15.5. The molecule has 4 aliphatic rings. The number of hydrogen-bond acceptors (Lipinski definition) is 3. The van der Waals surface area contributed by atoms with Gasteiger partial charge in [-0.1, -0.05) is 53.9 Å². The van der Waals surface area contributed by atoms with Crippen LogP contribution >= 0.6 is 0 Å². The molecule has 4 nitrogen and oxygen atoms in total. The fourth-order valence-electron chi connectivity index (χ4n) is 9.47. The lowest BCUT2D eigenvalue weighted by molar-refractivity contribution is -0.149. The zero-order chi connectivity index (χ0) is 25.5. The van der Waals surface area contributed by atoms with Gasteiger partial charge in [0.05, 0.1) is 0 Å². The van der Waals surface area contributed by atoms with E-state index in [1.807, 2.05) is 0 Å². The summed E-state index contributed by atoms with van der Waals surface area (Å²) in [7, 11) is 0. The van der Waals surface area contributed by atoms with Gasteiger partial charge >= 0.3 is 5.97 Å². The highest BCUT2D eigenvalue weighted by atomic mass is 16.5. The Morgan fingerprint density at radius 3 is 2.37 bits per heavy atom. The molecule has 4 aliphatic carbocycles. The van der Waals surface area contributed by atoms with Crippen LogP contribution in [-0.2, 0) is 14.3 Å². The van der Waals surface area contributed by atoms with Crippen molar-refractivity contribution in [2.24, 2.45) is 46.3 Å². The highest BCUT2D eigenvalue weighted by Crippen LogP contribution is 2.68. The Bertz CT molecular complexity index is 846. The number of hydrogen-bond donors (Lipinski definition) is 1. The molecule has 198 valence electrons. The smallest absolute Gasteiger partial charge is 0.302 e. The minimum atomic E-state index is -0.193. The molecular formula is C31H51NO3. The lowest BCUT2D eigenvalue weighted by atomic mass is 9.46. The number of rotatable bonds is 7. The number of nitrogens with one attached hydrogen (secondary N) is 1. The fraction of sp³-hybridized carbons (Fsp3) is 0.871. The van der Waals surface area contributed by atoms with Crippen molar-refractivity contribution in [3.8, 4) is 0 Å². The Morgan fingerprint density at radius 1 is 0.971 bits per heavy atom. The van der Waals surface area contributed by atoms with Crippen LogP contribution in [-0.4, -0.2) is 18.0 Å². The van der Waals surface area contributed by atoms with Gasteiger partial charge in [-0.2, -0.15) is 0 Å². The van der Waals surface area contributed by atoms with E-state index in [1.54, 1.807) is 6.92 Å². The number of amides is 1. The molecule has 4 rings (SSSR count). The van der Waals surface area contributed by atoms with Crippen LogP contribution in [0.1, 0.15) is 119 Å². The lowest BCUT2D eigenvalue weighted by Gasteiger charge is -2.59. The number of esters is 1. The third kappa shape index (κ3) is 5.10. The Labute approximate surface area is 214 Å². The number of ether oxygens (including phenoxy) is 1. The molecule has 0 aromatic rings. The average molecular weight is 486 g/mol. The zero-order valence-corrected chi connectivity index (χ0v) is 23.5. The minimum Gasteiger partial charge on any atom is -0.462 e. The second-order valence-corrected chi connectivity index (χ2v) is 13.6. The molecule has 8 atom stereocenters. The normalized spacial score (nSPS) is 39.5. The maximum Gasteiger partial charge on any atom is 0.302 e. The SMILES string of the molecule is CC(=O)NC1=C2CC(OC(C)=O)CC[C@]2(C)[C@H]2CC[C@]3(C)[C@@H]([C@H](C)CCCC(C)C)CC[C@H]3[C@@H]2C1. The first-order valence-electron chi connectivity index (χ1n) is 14.6. The van der Waals surface area contributed by atoms with E-state index in [4.69, 9.17) is 4.74 Å². The molecule has 0 aromatic heterocycles. The Hall–Kier alpha value is -1.32. The van der Waals surface area contributed by atoms with E-state index in [1.165, 1.54) is 57.4 Å². The molecule has 4 heteroatoms. The van der Waals surface area contributed by atoms with Gasteiger partial charge in [-0.05, 0) is 96.9 Å². The van der Waals surface area contributed by atoms with Gasteiger partial charge in [0, 0.05) is 26.0 Å². The van der Waals surface area contributed by atoms with E-state index in [9.17, 15) is 9.59 Å². The Balaban J connectivity index is 1.58. The Kier molecular flexibility index (Phi) is 7.80. The summed E-state index contributed by atoms with van der Waals surface area (Å²) in [4.78, 5) is 23.9. The summed E-state index contributed by atoms with van der Waals surface area (Å²) in [5, 5.41) is 3.28. The van der Waals surface area contributed by atoms with Gasteiger partial charge in [0.2, 0.25) is 5.91 Å². The highest BCUT2D eigenvalue weighted by molar-refractivity contribution is 5.75. The first-order valence-corrected chi connectivity index (χ1v) is 14.6. The Morgan fingerprint density at radius 2 is 1.71 bits per heavy atom. The van der Waals surface area contributed by atoms with Crippen molar-refractivity contribution in [3.63, 3.8) is 0 Å². The number of fused-ring (bicyclic) bond motifs is 5. The molecule has 35 heavy (non-hydrogen) atoms. The van der Waals surface area contributed by atoms with E-state index >= 15 is 0 Å². The van der Waals surface area contributed by atoms with Crippen molar-refractivity contribution in [1.29, 1.82) is 0 Å². The van der Waals surface area contributed by atoms with Crippen LogP contribution in [0.5, 0.6) is 0 Å². The molecular weight excluding hydrogens is 434 g/mol. The van der Waals surface area contributed by atoms with Crippen LogP contribution < -0.4 is 5.32 Å². The highest BCUT2D eigenvalue weighted by Gasteiger charge is 2.60. The van der Waals surface area contributed by atoms with Gasteiger partial charge in [-0.25, -0.2) is 0 Å². The van der Waals surface area contributed by atoms with E-state index in [0.29, 0.717) is 17.3 Å². The molecule has 0 heterocycles. The van der Waals surface area contributed by atoms with Gasteiger partial charge in [0.1, 0.15) is 6.10 Å². The van der Waals surface area contributed by atoms with Gasteiger partial charge in [-0.15, -0.1) is 0 Å². The summed E-state index contributed by atoms with van der Waals surface area (Å²) in [6.07, 6.45) is 13.2. The van der Waals surface area contributed by atoms with Crippen molar-refractivity contribution in [2.75, 3.05) is 0 Å². The van der Waals surface area contributed by atoms with Gasteiger partial charge in [0.15, 0.2) is 0 Å². The fourth-order valence-corrected chi connectivity index (χ4v) is 9.47. The van der Waals surface area contributed by atoms with Crippen molar-refractivity contribution in [3.05, 3.63) is 11.3 Å². The maximum absolute atomic E-state index is 12.3. The van der Waals surface area contributed by atoms with Crippen LogP contribution in [0.3, 0.4) is 0 Å². The van der Waals surface area contributed by atoms with Crippen LogP contribution in [0.15, 0.2) is 11.3 Å². The molecule has 1 N–H and O–H groups in total. The number of allylic oxidation sites excluding steroid dienone is 1. The molecule has 3 fully saturated rings. The molecule has 0 bridgehead atoms. The molecule has 1 amide bonds. The second-order valence-electron chi connectivity index (χ2n) is 13.6. The van der Waals surface area contributed by atoms with Crippen molar-refractivity contribution in [2.45, 2.75) is 125 Å². The van der Waals surface area contributed by atoms with Crippen LogP contribution in [0.25, 0.3) is 0 Å². The van der Waals surface area contributed by atoms with E-state index < -0.39 is 0 Å². The summed E-state index contributed by atoms with van der Waals surface area (Å²) < 4.78 is 5.66. The predicted molar refractivity (Wildman–Crippen MR) is 141 cm³/mol. The van der Waals surface area contributed by atoms with Crippen LogP contribution in [0, 0.1) is 46.3 Å². The largest absolute Gasteiger partial charge is 0.462 e. The second kappa shape index (κ2) is 10.2. The quantitative estimate of drug-likeness (QED) is 0.382. The van der Waals surface area contributed by atoms with E-state index in [0.717, 1.165) is 55.1 Å². The minimum absolute atomic E-state index is 0.0320. The molecule has 0 saturated heterocycles. The molecule has 3 saturated carbocycles. The third-order valence-electron chi connectivity index (χ3n) is 11.0. The van der Waals surface area contributed by atoms with Gasteiger partial charge < -0.3 is 10.1 Å². The first-order chi connectivity index (χ1) is 16.5. The van der Waals surface area contributed by atoms with Gasteiger partial charge in [-0.3, -0.25) is 9.59 Å².